The van der Waals surface area contributed by atoms with Crippen LogP contribution in [-0.2, 0) is 5.33 Å². The summed E-state index contributed by atoms with van der Waals surface area (Å²) < 4.78 is 5.81. The Balaban J connectivity index is 2.50. The van der Waals surface area contributed by atoms with Gasteiger partial charge in [0.25, 0.3) is 0 Å². The molecule has 5 heteroatoms. The van der Waals surface area contributed by atoms with Crippen LogP contribution in [-0.4, -0.2) is 4.92 Å². The molecule has 0 aliphatic rings. The van der Waals surface area contributed by atoms with Gasteiger partial charge in [-0.2, -0.15) is 0 Å². The van der Waals surface area contributed by atoms with E-state index in [0.29, 0.717) is 16.8 Å². The highest BCUT2D eigenvalue weighted by Gasteiger charge is 2.20. The number of ether oxygens (including phenoxy) is 1. The van der Waals surface area contributed by atoms with Crippen LogP contribution in [0, 0.1) is 24.0 Å². The van der Waals surface area contributed by atoms with Gasteiger partial charge in [-0.15, -0.1) is 0 Å². The average molecular weight is 336 g/mol. The number of halogens is 1. The Morgan fingerprint density at radius 2 is 1.95 bits per heavy atom. The maximum Gasteiger partial charge on any atom is 0.312 e. The third-order valence-corrected chi connectivity index (χ3v) is 3.53. The second kappa shape index (κ2) is 6.05. The number of aryl methyl sites for hydroxylation is 2. The number of para-hydroxylation sites is 1. The predicted molar refractivity (Wildman–Crippen MR) is 81.7 cm³/mol. The van der Waals surface area contributed by atoms with Crippen LogP contribution in [0.15, 0.2) is 36.4 Å². The maximum atomic E-state index is 11.2. The molecule has 0 bridgehead atoms. The van der Waals surface area contributed by atoms with Crippen LogP contribution in [0.2, 0.25) is 0 Å². The van der Waals surface area contributed by atoms with Gasteiger partial charge < -0.3 is 4.74 Å². The minimum absolute atomic E-state index is 0.00752. The Kier molecular flexibility index (Phi) is 4.39. The van der Waals surface area contributed by atoms with Gasteiger partial charge in [-0.25, -0.2) is 0 Å². The third-order valence-electron chi connectivity index (χ3n) is 2.92. The van der Waals surface area contributed by atoms with Crippen LogP contribution in [0.3, 0.4) is 0 Å². The Morgan fingerprint density at radius 1 is 1.25 bits per heavy atom. The summed E-state index contributed by atoms with van der Waals surface area (Å²) in [5.41, 5.74) is 2.53. The molecule has 2 aromatic carbocycles. The van der Waals surface area contributed by atoms with Crippen LogP contribution < -0.4 is 4.74 Å². The highest BCUT2D eigenvalue weighted by molar-refractivity contribution is 9.08. The zero-order valence-electron chi connectivity index (χ0n) is 11.2. The lowest BCUT2D eigenvalue weighted by Gasteiger charge is -2.12. The van der Waals surface area contributed by atoms with Crippen LogP contribution in [0.4, 0.5) is 5.69 Å². The second-order valence-corrected chi connectivity index (χ2v) is 5.09. The molecule has 0 N–H and O–H groups in total. The fourth-order valence-corrected chi connectivity index (χ4v) is 2.49. The number of alkyl halides is 1. The van der Waals surface area contributed by atoms with E-state index >= 15 is 0 Å². The number of rotatable bonds is 4. The summed E-state index contributed by atoms with van der Waals surface area (Å²) >= 11 is 3.39. The van der Waals surface area contributed by atoms with E-state index in [0.717, 1.165) is 16.7 Å². The lowest BCUT2D eigenvalue weighted by molar-refractivity contribution is -0.385. The monoisotopic (exact) mass is 335 g/mol. The molecule has 0 aliphatic heterocycles. The topological polar surface area (TPSA) is 52.4 Å². The first-order valence-corrected chi connectivity index (χ1v) is 7.22. The summed E-state index contributed by atoms with van der Waals surface area (Å²) in [6, 6.07) is 10.9. The number of benzene rings is 2. The molecule has 0 saturated carbocycles. The van der Waals surface area contributed by atoms with Gasteiger partial charge in [-0.3, -0.25) is 10.1 Å². The molecule has 20 heavy (non-hydrogen) atoms. The van der Waals surface area contributed by atoms with Crippen molar-refractivity contribution in [3.05, 3.63) is 63.2 Å². The van der Waals surface area contributed by atoms with E-state index in [-0.39, 0.29) is 5.69 Å². The maximum absolute atomic E-state index is 11.2. The summed E-state index contributed by atoms with van der Waals surface area (Å²) in [7, 11) is 0. The molecule has 104 valence electrons. The van der Waals surface area contributed by atoms with E-state index in [4.69, 9.17) is 4.74 Å². The summed E-state index contributed by atoms with van der Waals surface area (Å²) in [6.45, 7) is 3.64. The first kappa shape index (κ1) is 14.5. The smallest absolute Gasteiger partial charge is 0.312 e. The molecule has 0 spiro atoms. The lowest BCUT2D eigenvalue weighted by atomic mass is 10.1. The minimum atomic E-state index is -0.411. The third kappa shape index (κ3) is 2.99. The normalized spacial score (nSPS) is 10.3. The molecule has 0 aliphatic carbocycles. The van der Waals surface area contributed by atoms with Crippen molar-refractivity contribution >= 4 is 21.6 Å². The van der Waals surface area contributed by atoms with E-state index in [1.54, 1.807) is 6.07 Å². The Morgan fingerprint density at radius 3 is 2.60 bits per heavy atom. The molecule has 2 rings (SSSR count). The van der Waals surface area contributed by atoms with Crippen molar-refractivity contribution in [1.29, 1.82) is 0 Å². The fraction of sp³-hybridized carbons (Fsp3) is 0.200. The van der Waals surface area contributed by atoms with Gasteiger partial charge in [0.15, 0.2) is 0 Å². The lowest BCUT2D eigenvalue weighted by Crippen LogP contribution is -1.98. The van der Waals surface area contributed by atoms with Crippen molar-refractivity contribution in [2.45, 2.75) is 19.2 Å². The molecule has 0 heterocycles. The largest absolute Gasteiger partial charge is 0.450 e. The molecule has 2 aromatic rings. The van der Waals surface area contributed by atoms with Crippen molar-refractivity contribution < 1.29 is 9.66 Å². The van der Waals surface area contributed by atoms with E-state index in [1.165, 1.54) is 6.07 Å². The second-order valence-electron chi connectivity index (χ2n) is 4.53. The highest BCUT2D eigenvalue weighted by atomic mass is 79.9. The zero-order chi connectivity index (χ0) is 14.7. The summed E-state index contributed by atoms with van der Waals surface area (Å²) in [6.07, 6.45) is 0. The Hall–Kier alpha value is -1.88. The van der Waals surface area contributed by atoms with Crippen LogP contribution >= 0.6 is 15.9 Å². The van der Waals surface area contributed by atoms with Crippen molar-refractivity contribution in [2.75, 3.05) is 0 Å². The molecular weight excluding hydrogens is 322 g/mol. The van der Waals surface area contributed by atoms with Gasteiger partial charge in [0.1, 0.15) is 5.75 Å². The van der Waals surface area contributed by atoms with E-state index in [1.807, 2.05) is 38.1 Å². The SMILES string of the molecule is Cc1cc(C)c(Oc2ccccc2CBr)c([N+](=O)[O-])c1. The van der Waals surface area contributed by atoms with E-state index < -0.39 is 4.92 Å². The minimum Gasteiger partial charge on any atom is -0.450 e. The predicted octanol–water partition coefficient (Wildman–Crippen LogP) is 4.90. The Bertz CT molecular complexity index is 656. The summed E-state index contributed by atoms with van der Waals surface area (Å²) in [4.78, 5) is 10.8. The van der Waals surface area contributed by atoms with Gasteiger partial charge in [-0.05, 0) is 31.0 Å². The van der Waals surface area contributed by atoms with Gasteiger partial charge in [0.05, 0.1) is 4.92 Å². The van der Waals surface area contributed by atoms with Crippen molar-refractivity contribution in [3.63, 3.8) is 0 Å². The first-order chi connectivity index (χ1) is 9.52. The number of hydrogen-bond donors (Lipinski definition) is 0. The van der Waals surface area contributed by atoms with E-state index in [2.05, 4.69) is 15.9 Å². The van der Waals surface area contributed by atoms with Gasteiger partial charge >= 0.3 is 5.69 Å². The average Bonchev–Trinajstić information content (AvgIpc) is 2.41. The van der Waals surface area contributed by atoms with Gasteiger partial charge in [0, 0.05) is 17.0 Å². The highest BCUT2D eigenvalue weighted by Crippen LogP contribution is 2.37. The summed E-state index contributed by atoms with van der Waals surface area (Å²) in [5.74, 6) is 0.924. The zero-order valence-corrected chi connectivity index (χ0v) is 12.8. The molecule has 0 atom stereocenters. The quantitative estimate of drug-likeness (QED) is 0.453. The number of hydrogen-bond acceptors (Lipinski definition) is 3. The van der Waals surface area contributed by atoms with Gasteiger partial charge in [-0.1, -0.05) is 40.2 Å². The van der Waals surface area contributed by atoms with Crippen molar-refractivity contribution in [2.24, 2.45) is 0 Å². The first-order valence-electron chi connectivity index (χ1n) is 6.10. The van der Waals surface area contributed by atoms with Crippen LogP contribution in [0.5, 0.6) is 11.5 Å². The van der Waals surface area contributed by atoms with Crippen LogP contribution in [0.25, 0.3) is 0 Å². The molecule has 0 radical (unpaired) electrons. The van der Waals surface area contributed by atoms with Crippen LogP contribution in [0.1, 0.15) is 16.7 Å². The fourth-order valence-electron chi connectivity index (χ4n) is 2.02. The number of nitrogens with zero attached hydrogens (tertiary/aromatic N) is 1. The molecule has 0 amide bonds. The number of nitro benzene ring substituents is 1. The molecule has 0 aromatic heterocycles. The molecule has 0 saturated heterocycles. The van der Waals surface area contributed by atoms with Crippen molar-refractivity contribution in [1.82, 2.24) is 0 Å². The van der Waals surface area contributed by atoms with E-state index in [9.17, 15) is 10.1 Å². The number of nitro groups is 1. The molecular formula is C15H14BrNO3. The Labute approximate surface area is 125 Å². The standard InChI is InChI=1S/C15H14BrNO3/c1-10-7-11(2)15(13(8-10)17(18)19)20-14-6-4-3-5-12(14)9-16/h3-8H,9H2,1-2H3. The summed E-state index contributed by atoms with van der Waals surface area (Å²) in [5, 5.41) is 11.8. The van der Waals surface area contributed by atoms with Crippen molar-refractivity contribution in [3.8, 4) is 11.5 Å². The molecule has 0 unspecified atom stereocenters. The van der Waals surface area contributed by atoms with Gasteiger partial charge in [0.2, 0.25) is 5.75 Å². The molecule has 4 nitrogen and oxygen atoms in total. The molecule has 0 fully saturated rings.